The van der Waals surface area contributed by atoms with Crippen LogP contribution in [0, 0.1) is 0 Å². The fourth-order valence-electron chi connectivity index (χ4n) is 0.905. The minimum Gasteiger partial charge on any atom is -0.322 e. The van der Waals surface area contributed by atoms with Crippen molar-refractivity contribution in [3.05, 3.63) is 23.5 Å². The molecule has 1 atom stereocenters. The van der Waals surface area contributed by atoms with Gasteiger partial charge in [-0.25, -0.2) is 4.98 Å². The highest BCUT2D eigenvalue weighted by atomic mass is 35.5. The van der Waals surface area contributed by atoms with Crippen LogP contribution in [0.5, 0.6) is 0 Å². The van der Waals surface area contributed by atoms with E-state index >= 15 is 0 Å². The van der Waals surface area contributed by atoms with E-state index in [2.05, 4.69) is 10.3 Å². The molecule has 0 spiro atoms. The molecule has 0 aliphatic rings. The first-order valence-corrected chi connectivity index (χ1v) is 5.06. The summed E-state index contributed by atoms with van der Waals surface area (Å²) in [5, 5.41) is 2.90. The highest BCUT2D eigenvalue weighted by molar-refractivity contribution is 6.32. The number of carbonyl (C=O) groups excluding carboxylic acids is 1. The largest absolute Gasteiger partial charge is 0.322 e. The monoisotopic (exact) mass is 227 g/mol. The van der Waals surface area contributed by atoms with Gasteiger partial charge in [0.25, 0.3) is 0 Å². The summed E-state index contributed by atoms with van der Waals surface area (Å²) in [5.74, 6) is -0.264. The van der Waals surface area contributed by atoms with E-state index in [4.69, 9.17) is 17.3 Å². The topological polar surface area (TPSA) is 68.0 Å². The smallest absolute Gasteiger partial charge is 0.244 e. The summed E-state index contributed by atoms with van der Waals surface area (Å²) in [6.45, 7) is 3.52. The number of aromatic nitrogens is 1. The summed E-state index contributed by atoms with van der Waals surface area (Å²) < 4.78 is 0. The van der Waals surface area contributed by atoms with Gasteiger partial charge >= 0.3 is 0 Å². The van der Waals surface area contributed by atoms with Crippen molar-refractivity contribution >= 4 is 23.2 Å². The molecule has 0 fully saturated rings. The molecule has 0 aromatic carbocycles. The molecule has 4 nitrogen and oxygen atoms in total. The Balaban J connectivity index is 2.80. The maximum absolute atomic E-state index is 11.7. The Morgan fingerprint density at radius 2 is 2.40 bits per heavy atom. The van der Waals surface area contributed by atoms with Gasteiger partial charge in [0.2, 0.25) is 5.91 Å². The molecule has 1 rings (SSSR count). The molecular formula is C10H14ClN3O. The van der Waals surface area contributed by atoms with E-state index in [0.29, 0.717) is 12.1 Å². The molecule has 15 heavy (non-hydrogen) atoms. The van der Waals surface area contributed by atoms with Crippen molar-refractivity contribution in [1.82, 2.24) is 4.98 Å². The number of nitrogens with one attached hydrogen (secondary N) is 1. The molecule has 0 saturated heterocycles. The van der Waals surface area contributed by atoms with Gasteiger partial charge in [-0.3, -0.25) is 4.79 Å². The molecule has 5 heteroatoms. The summed E-state index contributed by atoms with van der Waals surface area (Å²) in [5.41, 5.74) is 5.37. The maximum atomic E-state index is 11.7. The maximum Gasteiger partial charge on any atom is 0.244 e. The van der Waals surface area contributed by atoms with Crippen LogP contribution >= 0.6 is 11.6 Å². The van der Waals surface area contributed by atoms with Crippen LogP contribution in [-0.2, 0) is 4.79 Å². The van der Waals surface area contributed by atoms with E-state index in [1.807, 2.05) is 6.92 Å². The quantitative estimate of drug-likeness (QED) is 0.774. The molecule has 82 valence electrons. The van der Waals surface area contributed by atoms with Crippen molar-refractivity contribution in [2.75, 3.05) is 5.32 Å². The standard InChI is InChI=1S/C10H14ClN3O/c1-3-10(2,12)9(15)14-7-5-4-6-13-8(7)11/h4-6H,3,12H2,1-2H3,(H,14,15). The van der Waals surface area contributed by atoms with Crippen molar-refractivity contribution < 1.29 is 4.79 Å². The van der Waals surface area contributed by atoms with Crippen molar-refractivity contribution in [2.45, 2.75) is 25.8 Å². The second kappa shape index (κ2) is 4.59. The summed E-state index contributed by atoms with van der Waals surface area (Å²) in [6.07, 6.45) is 2.11. The lowest BCUT2D eigenvalue weighted by atomic mass is 9.99. The fourth-order valence-corrected chi connectivity index (χ4v) is 1.07. The van der Waals surface area contributed by atoms with Gasteiger partial charge in [-0.2, -0.15) is 0 Å². The van der Waals surface area contributed by atoms with Crippen molar-refractivity contribution in [3.63, 3.8) is 0 Å². The number of pyridine rings is 1. The van der Waals surface area contributed by atoms with Gasteiger partial charge < -0.3 is 11.1 Å². The summed E-state index contributed by atoms with van der Waals surface area (Å²) in [4.78, 5) is 15.5. The molecule has 1 aromatic rings. The van der Waals surface area contributed by atoms with Crippen LogP contribution in [0.15, 0.2) is 18.3 Å². The van der Waals surface area contributed by atoms with E-state index in [9.17, 15) is 4.79 Å². The zero-order valence-corrected chi connectivity index (χ0v) is 9.51. The Hall–Kier alpha value is -1.13. The second-order valence-corrected chi connectivity index (χ2v) is 3.92. The zero-order chi connectivity index (χ0) is 11.5. The molecule has 0 bridgehead atoms. The first kappa shape index (κ1) is 11.9. The van der Waals surface area contributed by atoms with Crippen molar-refractivity contribution in [1.29, 1.82) is 0 Å². The average molecular weight is 228 g/mol. The number of carbonyl (C=O) groups is 1. The number of nitrogens with two attached hydrogens (primary N) is 1. The Labute approximate surface area is 93.8 Å². The predicted octanol–water partition coefficient (Wildman–Crippen LogP) is 1.80. The third-order valence-corrected chi connectivity index (χ3v) is 2.56. The Kier molecular flexibility index (Phi) is 3.66. The molecule has 0 aliphatic heterocycles. The lowest BCUT2D eigenvalue weighted by Gasteiger charge is -2.21. The van der Waals surface area contributed by atoms with Crippen LogP contribution < -0.4 is 11.1 Å². The fraction of sp³-hybridized carbons (Fsp3) is 0.400. The molecule has 0 aliphatic carbocycles. The van der Waals surface area contributed by atoms with Gasteiger partial charge in [-0.1, -0.05) is 18.5 Å². The van der Waals surface area contributed by atoms with Gasteiger partial charge in [0.05, 0.1) is 11.2 Å². The first-order chi connectivity index (χ1) is 6.97. The summed E-state index contributed by atoms with van der Waals surface area (Å²) >= 11 is 5.79. The number of halogens is 1. The second-order valence-electron chi connectivity index (χ2n) is 3.57. The molecule has 3 N–H and O–H groups in total. The first-order valence-electron chi connectivity index (χ1n) is 4.68. The number of anilines is 1. The Morgan fingerprint density at radius 1 is 1.73 bits per heavy atom. The average Bonchev–Trinajstić information content (AvgIpc) is 2.21. The van der Waals surface area contributed by atoms with Crippen LogP contribution in [0.1, 0.15) is 20.3 Å². The van der Waals surface area contributed by atoms with Gasteiger partial charge in [-0.15, -0.1) is 0 Å². The molecular weight excluding hydrogens is 214 g/mol. The molecule has 0 radical (unpaired) electrons. The predicted molar refractivity (Wildman–Crippen MR) is 60.8 cm³/mol. The number of hydrogen-bond donors (Lipinski definition) is 2. The van der Waals surface area contributed by atoms with Gasteiger partial charge in [-0.05, 0) is 25.5 Å². The lowest BCUT2D eigenvalue weighted by Crippen LogP contribution is -2.47. The SMILES string of the molecule is CCC(C)(N)C(=O)Nc1cccnc1Cl. The Morgan fingerprint density at radius 3 is 2.93 bits per heavy atom. The van der Waals surface area contributed by atoms with E-state index in [0.717, 1.165) is 0 Å². The highest BCUT2D eigenvalue weighted by Crippen LogP contribution is 2.19. The molecule has 1 heterocycles. The van der Waals surface area contributed by atoms with E-state index in [1.54, 1.807) is 25.3 Å². The molecule has 1 aromatic heterocycles. The Bertz CT molecular complexity index is 365. The normalized spacial score (nSPS) is 14.4. The van der Waals surface area contributed by atoms with Crippen LogP contribution in [-0.4, -0.2) is 16.4 Å². The van der Waals surface area contributed by atoms with E-state index in [-0.39, 0.29) is 11.1 Å². The number of hydrogen-bond acceptors (Lipinski definition) is 3. The van der Waals surface area contributed by atoms with Gasteiger partial charge in [0.1, 0.15) is 0 Å². The van der Waals surface area contributed by atoms with Crippen LogP contribution in [0.2, 0.25) is 5.15 Å². The molecule has 1 unspecified atom stereocenters. The van der Waals surface area contributed by atoms with E-state index < -0.39 is 5.54 Å². The third kappa shape index (κ3) is 2.91. The van der Waals surface area contributed by atoms with E-state index in [1.165, 1.54) is 0 Å². The third-order valence-electron chi connectivity index (χ3n) is 2.26. The number of nitrogens with zero attached hydrogens (tertiary/aromatic N) is 1. The number of amides is 1. The van der Waals surface area contributed by atoms with Crippen molar-refractivity contribution in [3.8, 4) is 0 Å². The number of rotatable bonds is 3. The van der Waals surface area contributed by atoms with Crippen LogP contribution in [0.4, 0.5) is 5.69 Å². The lowest BCUT2D eigenvalue weighted by molar-refractivity contribution is -0.120. The zero-order valence-electron chi connectivity index (χ0n) is 8.75. The highest BCUT2D eigenvalue weighted by Gasteiger charge is 2.26. The minimum atomic E-state index is -0.890. The molecule has 1 amide bonds. The van der Waals surface area contributed by atoms with Crippen molar-refractivity contribution in [2.24, 2.45) is 5.73 Å². The molecule has 0 saturated carbocycles. The van der Waals surface area contributed by atoms with Crippen LogP contribution in [0.3, 0.4) is 0 Å². The summed E-state index contributed by atoms with van der Waals surface area (Å²) in [6, 6.07) is 3.38. The minimum absolute atomic E-state index is 0.262. The van der Waals surface area contributed by atoms with Gasteiger partial charge in [0, 0.05) is 6.20 Å². The van der Waals surface area contributed by atoms with Gasteiger partial charge in [0.15, 0.2) is 5.15 Å². The van der Waals surface area contributed by atoms with Crippen LogP contribution in [0.25, 0.3) is 0 Å². The summed E-state index contributed by atoms with van der Waals surface area (Å²) in [7, 11) is 0.